The first-order valence-electron chi connectivity index (χ1n) is 30.5. The van der Waals surface area contributed by atoms with Gasteiger partial charge in [0, 0.05) is 74.1 Å². The number of hydrogen-bond acceptors (Lipinski definition) is 16. The molecular formula is C70H86N8O8. The van der Waals surface area contributed by atoms with Gasteiger partial charge in [0.1, 0.15) is 47.7 Å². The van der Waals surface area contributed by atoms with Gasteiger partial charge >= 0.3 is 0 Å². The summed E-state index contributed by atoms with van der Waals surface area (Å²) in [6.07, 6.45) is 6.58. The molecule has 4 heterocycles. The van der Waals surface area contributed by atoms with E-state index in [1.54, 1.807) is 0 Å². The molecule has 10 rings (SSSR count). The lowest BCUT2D eigenvalue weighted by Gasteiger charge is -2.15. The van der Waals surface area contributed by atoms with Gasteiger partial charge in [-0.15, -0.1) is 0 Å². The van der Waals surface area contributed by atoms with Crippen molar-refractivity contribution in [2.24, 2.45) is 20.0 Å². The number of benzene rings is 6. The first-order valence-corrected chi connectivity index (χ1v) is 30.5. The molecule has 0 bridgehead atoms. The van der Waals surface area contributed by atoms with Crippen LogP contribution >= 0.6 is 0 Å². The lowest BCUT2D eigenvalue weighted by molar-refractivity contribution is 0.0273. The number of ether oxygens (including phenoxy) is 8. The highest BCUT2D eigenvalue weighted by Crippen LogP contribution is 2.39. The van der Waals surface area contributed by atoms with Crippen LogP contribution < -0.4 is 28.4 Å². The lowest BCUT2D eigenvalue weighted by atomic mass is 9.98. The van der Waals surface area contributed by atoms with Crippen LogP contribution in [0.1, 0.15) is 70.2 Å². The fourth-order valence-electron chi connectivity index (χ4n) is 10.9. The van der Waals surface area contributed by atoms with Crippen LogP contribution in [0.25, 0.3) is 0 Å². The Balaban J connectivity index is 0.746. The molecule has 0 aliphatic carbocycles. The van der Waals surface area contributed by atoms with Gasteiger partial charge in [0.05, 0.1) is 98.5 Å². The molecule has 0 amide bonds. The molecule has 86 heavy (non-hydrogen) atoms. The maximum absolute atomic E-state index is 6.61. The molecule has 16 nitrogen and oxygen atoms in total. The lowest BCUT2D eigenvalue weighted by Crippen LogP contribution is -2.15. The van der Waals surface area contributed by atoms with Crippen LogP contribution in [-0.2, 0) is 35.2 Å². The second-order valence-corrected chi connectivity index (χ2v) is 23.5. The van der Waals surface area contributed by atoms with Gasteiger partial charge in [-0.1, -0.05) is 12.1 Å². The Morgan fingerprint density at radius 3 is 0.907 bits per heavy atom. The molecule has 0 atom stereocenters. The minimum absolute atomic E-state index is 0.340. The van der Waals surface area contributed by atoms with Gasteiger partial charge in [-0.2, -0.15) is 0 Å². The first kappa shape index (κ1) is 61.6. The highest BCUT2D eigenvalue weighted by molar-refractivity contribution is 6.12. The summed E-state index contributed by atoms with van der Waals surface area (Å²) in [5.41, 5.74) is 16.2. The van der Waals surface area contributed by atoms with Crippen LogP contribution in [0.4, 0.5) is 22.7 Å². The maximum atomic E-state index is 6.61. The molecule has 0 N–H and O–H groups in total. The van der Waals surface area contributed by atoms with Crippen molar-refractivity contribution >= 4 is 45.6 Å². The maximum Gasteiger partial charge on any atom is 0.129 e. The summed E-state index contributed by atoms with van der Waals surface area (Å²) in [7, 11) is 16.6. The Kier molecular flexibility index (Phi) is 21.7. The van der Waals surface area contributed by atoms with Crippen molar-refractivity contribution in [3.63, 3.8) is 0 Å². The smallest absolute Gasteiger partial charge is 0.129 e. The third-order valence-corrected chi connectivity index (χ3v) is 15.3. The standard InChI is InChI=1S/C70H86N8O8/c1-75(2)25-9-29-81-55-15-21-61-51(39-55)43-65(71-61)49-13-19-59(67-45-53-41-57(17-23-63(53)73-67)83-31-11-27-77(5)6)69(47-49)85-37-35-79-33-34-80-36-38-86-70-48-50(66-44-52-40-56(16-22-62(52)72-66)82-30-10-26-76(3)4)14-20-60(70)68-46-54-42-58(18-24-64(54)74-68)84-32-12-28-78(7)8/h13-24,39-42,47-48H,9-12,25-38,43-46H2,1-8H3. The fourth-order valence-corrected chi connectivity index (χ4v) is 10.9. The molecule has 0 unspecified atom stereocenters. The van der Waals surface area contributed by atoms with E-state index in [0.717, 1.165) is 176 Å². The molecule has 4 aliphatic rings. The van der Waals surface area contributed by atoms with Crippen LogP contribution in [0, 0.1) is 0 Å². The van der Waals surface area contributed by atoms with Gasteiger partial charge in [-0.25, -0.2) is 0 Å². The summed E-state index contributed by atoms with van der Waals surface area (Å²) in [5.74, 6) is 4.95. The third-order valence-electron chi connectivity index (χ3n) is 15.3. The Morgan fingerprint density at radius 2 is 0.593 bits per heavy atom. The molecule has 16 heteroatoms. The van der Waals surface area contributed by atoms with Crippen LogP contribution in [0.2, 0.25) is 0 Å². The molecule has 454 valence electrons. The summed E-state index contributed by atoms with van der Waals surface area (Å²) in [6, 6.07) is 37.5. The van der Waals surface area contributed by atoms with Gasteiger partial charge < -0.3 is 57.5 Å². The van der Waals surface area contributed by atoms with Gasteiger partial charge in [0.25, 0.3) is 0 Å². The highest BCUT2D eigenvalue weighted by atomic mass is 16.6. The number of aliphatic imine (C=N–C) groups is 4. The quantitative estimate of drug-likeness (QED) is 0.0350. The van der Waals surface area contributed by atoms with E-state index in [0.29, 0.717) is 91.8 Å². The van der Waals surface area contributed by atoms with Gasteiger partial charge in [-0.3, -0.25) is 20.0 Å². The Bertz CT molecular complexity index is 3180. The van der Waals surface area contributed by atoms with Gasteiger partial charge in [-0.05, 0) is 201 Å². The zero-order chi connectivity index (χ0) is 59.8. The van der Waals surface area contributed by atoms with E-state index < -0.39 is 0 Å². The summed E-state index contributed by atoms with van der Waals surface area (Å²) in [4.78, 5) is 29.1. The monoisotopic (exact) mass is 1170 g/mol. The molecule has 0 spiro atoms. The molecule has 0 saturated heterocycles. The minimum Gasteiger partial charge on any atom is -0.494 e. The second kappa shape index (κ2) is 30.3. The molecular weight excluding hydrogens is 1080 g/mol. The van der Waals surface area contributed by atoms with E-state index >= 15 is 0 Å². The van der Waals surface area contributed by atoms with Gasteiger partial charge in [0.15, 0.2) is 0 Å². The van der Waals surface area contributed by atoms with E-state index in [9.17, 15) is 0 Å². The van der Waals surface area contributed by atoms with Crippen molar-refractivity contribution < 1.29 is 37.9 Å². The van der Waals surface area contributed by atoms with Crippen LogP contribution in [0.15, 0.2) is 129 Å². The van der Waals surface area contributed by atoms with E-state index in [1.165, 1.54) is 0 Å². The van der Waals surface area contributed by atoms with Crippen LogP contribution in [0.3, 0.4) is 0 Å². The number of rotatable bonds is 35. The summed E-state index contributed by atoms with van der Waals surface area (Å²) >= 11 is 0. The van der Waals surface area contributed by atoms with Crippen LogP contribution in [0.5, 0.6) is 34.5 Å². The van der Waals surface area contributed by atoms with Crippen molar-refractivity contribution in [1.82, 2.24) is 19.6 Å². The molecule has 6 aromatic rings. The second-order valence-electron chi connectivity index (χ2n) is 23.5. The highest BCUT2D eigenvalue weighted by Gasteiger charge is 2.26. The third kappa shape index (κ3) is 17.2. The SMILES string of the molecule is CN(C)CCCOc1ccc2c(c1)CC(c1ccc(C3=Nc4ccc(OCCCN(C)C)cc4C3)c(OCCOCCOCCOc3cc(C4=Nc5ccc(OCCCN(C)C)cc5C4)ccc3C3=Nc4ccc(OCCCN(C)C)cc4C3)c1)=N2. The van der Waals surface area contributed by atoms with Crippen molar-refractivity contribution in [3.8, 4) is 34.5 Å². The Hall–Kier alpha value is -7.44. The fraction of sp³-hybridized carbons (Fsp3) is 0.429. The normalized spacial score (nSPS) is 13.9. The summed E-state index contributed by atoms with van der Waals surface area (Å²) in [5, 5.41) is 0. The molecule has 0 radical (unpaired) electrons. The van der Waals surface area contributed by atoms with Crippen molar-refractivity contribution in [2.45, 2.75) is 51.4 Å². The molecule has 6 aromatic carbocycles. The van der Waals surface area contributed by atoms with Crippen molar-refractivity contribution in [3.05, 3.63) is 154 Å². The predicted octanol–water partition coefficient (Wildman–Crippen LogP) is 11.2. The largest absolute Gasteiger partial charge is 0.494 e. The Morgan fingerprint density at radius 1 is 0.302 bits per heavy atom. The van der Waals surface area contributed by atoms with Gasteiger partial charge in [0.2, 0.25) is 0 Å². The molecule has 4 aliphatic heterocycles. The Labute approximate surface area is 509 Å². The predicted molar refractivity (Wildman–Crippen MR) is 346 cm³/mol. The molecule has 0 saturated carbocycles. The summed E-state index contributed by atoms with van der Waals surface area (Å²) in [6.45, 7) is 8.79. The van der Waals surface area contributed by atoms with E-state index in [1.807, 2.05) is 24.3 Å². The number of fused-ring (bicyclic) bond motifs is 4. The van der Waals surface area contributed by atoms with Crippen LogP contribution in [-0.4, -0.2) is 191 Å². The van der Waals surface area contributed by atoms with Crippen molar-refractivity contribution in [2.75, 3.05) is 149 Å². The zero-order valence-electron chi connectivity index (χ0n) is 51.8. The summed E-state index contributed by atoms with van der Waals surface area (Å²) < 4.78 is 50.0. The first-order chi connectivity index (χ1) is 41.9. The topological polar surface area (TPSA) is 136 Å². The van der Waals surface area contributed by atoms with Crippen molar-refractivity contribution in [1.29, 1.82) is 0 Å². The van der Waals surface area contributed by atoms with E-state index in [2.05, 4.69) is 161 Å². The number of hydrogen-bond donors (Lipinski definition) is 0. The average Bonchev–Trinajstić information content (AvgIpc) is 4.34. The molecule has 0 aromatic heterocycles. The number of nitrogens with zero attached hydrogens (tertiary/aromatic N) is 8. The van der Waals surface area contributed by atoms with E-state index in [-0.39, 0.29) is 0 Å². The van der Waals surface area contributed by atoms with E-state index in [4.69, 9.17) is 57.9 Å². The average molecular weight is 1170 g/mol. The minimum atomic E-state index is 0.340. The molecule has 0 fully saturated rings. The zero-order valence-corrected chi connectivity index (χ0v) is 51.8.